The first-order valence-electron chi connectivity index (χ1n) is 6.97. The van der Waals surface area contributed by atoms with Gasteiger partial charge < -0.3 is 16.4 Å². The number of hydrogen-bond donors (Lipinski definition) is 3. The molecule has 0 saturated heterocycles. The maximum absolute atomic E-state index is 5.77. The van der Waals surface area contributed by atoms with Crippen molar-refractivity contribution in [3.63, 3.8) is 0 Å². The van der Waals surface area contributed by atoms with Crippen molar-refractivity contribution >= 4 is 28.9 Å². The first-order valence-corrected chi connectivity index (χ1v) is 7.85. The van der Waals surface area contributed by atoms with Gasteiger partial charge in [-0.15, -0.1) is 11.3 Å². The Labute approximate surface area is 122 Å². The van der Waals surface area contributed by atoms with Crippen LogP contribution < -0.4 is 16.4 Å². The van der Waals surface area contributed by atoms with Gasteiger partial charge in [0, 0.05) is 17.5 Å². The largest absolute Gasteiger partial charge is 0.370 e. The van der Waals surface area contributed by atoms with E-state index >= 15 is 0 Å². The predicted octanol–water partition coefficient (Wildman–Crippen LogP) is 3.04. The second-order valence-electron chi connectivity index (χ2n) is 4.92. The van der Waals surface area contributed by atoms with Crippen LogP contribution in [0.3, 0.4) is 0 Å². The Bertz CT molecular complexity index is 595. The van der Waals surface area contributed by atoms with Crippen molar-refractivity contribution in [3.05, 3.63) is 28.0 Å². The van der Waals surface area contributed by atoms with Crippen LogP contribution in [0.15, 0.2) is 17.5 Å². The van der Waals surface area contributed by atoms with Crippen molar-refractivity contribution in [1.29, 1.82) is 0 Å². The van der Waals surface area contributed by atoms with Crippen molar-refractivity contribution < 1.29 is 0 Å². The molecule has 4 N–H and O–H groups in total. The lowest BCUT2D eigenvalue weighted by molar-refractivity contribution is 0.607. The summed E-state index contributed by atoms with van der Waals surface area (Å²) in [6, 6.07) is 4.46. The summed E-state index contributed by atoms with van der Waals surface area (Å²) in [5.41, 5.74) is 7.18. The molecule has 20 heavy (non-hydrogen) atoms. The summed E-state index contributed by atoms with van der Waals surface area (Å²) >= 11 is 1.84. The van der Waals surface area contributed by atoms with Gasteiger partial charge in [-0.05, 0) is 43.2 Å². The molecule has 6 heteroatoms. The van der Waals surface area contributed by atoms with Gasteiger partial charge in [0.25, 0.3) is 0 Å². The van der Waals surface area contributed by atoms with Gasteiger partial charge >= 0.3 is 0 Å². The van der Waals surface area contributed by atoms with Crippen molar-refractivity contribution in [2.75, 3.05) is 22.9 Å². The number of nitrogens with two attached hydrogens (primary N) is 1. The summed E-state index contributed by atoms with van der Waals surface area (Å²) < 4.78 is 0. The minimum absolute atomic E-state index is 0.298. The van der Waals surface area contributed by atoms with Crippen LogP contribution in [0.25, 0.3) is 0 Å². The molecule has 3 rings (SSSR count). The zero-order valence-corrected chi connectivity index (χ0v) is 12.3. The number of rotatable bonds is 4. The van der Waals surface area contributed by atoms with Crippen molar-refractivity contribution in [2.24, 2.45) is 0 Å². The molecule has 0 amide bonds. The van der Waals surface area contributed by atoms with E-state index in [4.69, 9.17) is 5.73 Å². The van der Waals surface area contributed by atoms with Crippen LogP contribution in [0.5, 0.6) is 0 Å². The molecular formula is C14H19N5S. The van der Waals surface area contributed by atoms with Crippen LogP contribution in [0.1, 0.15) is 36.2 Å². The van der Waals surface area contributed by atoms with Gasteiger partial charge in [-0.3, -0.25) is 0 Å². The molecule has 1 aliphatic carbocycles. The average Bonchev–Trinajstić information content (AvgIpc) is 2.88. The van der Waals surface area contributed by atoms with Gasteiger partial charge in [-0.25, -0.2) is 0 Å². The van der Waals surface area contributed by atoms with Crippen LogP contribution >= 0.6 is 11.3 Å². The zero-order valence-electron chi connectivity index (χ0n) is 11.5. The van der Waals surface area contributed by atoms with E-state index < -0.39 is 0 Å². The van der Waals surface area contributed by atoms with E-state index in [2.05, 4.69) is 32.0 Å². The lowest BCUT2D eigenvalue weighted by Gasteiger charge is -2.24. The molecule has 2 aromatic heterocycles. The molecule has 2 aromatic rings. The van der Waals surface area contributed by atoms with E-state index in [9.17, 15) is 0 Å². The second kappa shape index (κ2) is 5.66. The number of thiophene rings is 1. The van der Waals surface area contributed by atoms with Gasteiger partial charge in [0.15, 0.2) is 0 Å². The third kappa shape index (κ3) is 2.70. The van der Waals surface area contributed by atoms with Crippen molar-refractivity contribution in [3.8, 4) is 0 Å². The number of nitrogen functional groups attached to an aromatic ring is 1. The molecule has 0 aromatic carbocycles. The van der Waals surface area contributed by atoms with Crippen LogP contribution in [-0.4, -0.2) is 16.5 Å². The molecule has 0 saturated carbocycles. The monoisotopic (exact) mass is 289 g/mol. The minimum atomic E-state index is 0.298. The zero-order chi connectivity index (χ0) is 13.9. The van der Waals surface area contributed by atoms with Gasteiger partial charge in [0.2, 0.25) is 5.95 Å². The summed E-state index contributed by atoms with van der Waals surface area (Å²) in [5, 5.41) is 8.84. The van der Waals surface area contributed by atoms with E-state index in [1.165, 1.54) is 23.3 Å². The molecule has 1 unspecified atom stereocenters. The molecule has 0 fully saturated rings. The fourth-order valence-electron chi connectivity index (χ4n) is 2.63. The van der Waals surface area contributed by atoms with E-state index in [0.717, 1.165) is 24.6 Å². The molecule has 0 spiro atoms. The van der Waals surface area contributed by atoms with Gasteiger partial charge in [0.1, 0.15) is 11.6 Å². The van der Waals surface area contributed by atoms with Gasteiger partial charge in [-0.1, -0.05) is 0 Å². The highest BCUT2D eigenvalue weighted by atomic mass is 32.1. The summed E-state index contributed by atoms with van der Waals surface area (Å²) in [7, 11) is 0. The Kier molecular flexibility index (Phi) is 3.73. The fourth-order valence-corrected chi connectivity index (χ4v) is 3.61. The first kappa shape index (κ1) is 13.2. The summed E-state index contributed by atoms with van der Waals surface area (Å²) in [5.74, 6) is 1.86. The molecule has 106 valence electrons. The Morgan fingerprint density at radius 1 is 1.40 bits per heavy atom. The van der Waals surface area contributed by atoms with Crippen LogP contribution in [0.2, 0.25) is 0 Å². The Morgan fingerprint density at radius 3 is 3.10 bits per heavy atom. The predicted molar refractivity (Wildman–Crippen MR) is 84.2 cm³/mol. The van der Waals surface area contributed by atoms with Gasteiger partial charge in [-0.2, -0.15) is 9.97 Å². The highest BCUT2D eigenvalue weighted by Gasteiger charge is 2.21. The molecule has 1 aliphatic rings. The van der Waals surface area contributed by atoms with Crippen LogP contribution in [0.4, 0.5) is 17.6 Å². The summed E-state index contributed by atoms with van der Waals surface area (Å²) in [6.07, 6.45) is 3.54. The maximum Gasteiger partial charge on any atom is 0.223 e. The lowest BCUT2D eigenvalue weighted by atomic mass is 9.94. The van der Waals surface area contributed by atoms with Crippen molar-refractivity contribution in [1.82, 2.24) is 9.97 Å². The number of fused-ring (bicyclic) bond motifs is 1. The van der Waals surface area contributed by atoms with E-state index in [1.807, 2.05) is 24.3 Å². The molecule has 0 radical (unpaired) electrons. The number of hydrogen-bond acceptors (Lipinski definition) is 6. The Hall–Kier alpha value is -1.82. The maximum atomic E-state index is 5.77. The Morgan fingerprint density at radius 2 is 2.25 bits per heavy atom. The van der Waals surface area contributed by atoms with E-state index in [0.29, 0.717) is 12.0 Å². The van der Waals surface area contributed by atoms with E-state index in [-0.39, 0.29) is 0 Å². The normalized spacial score (nSPS) is 17.6. The topological polar surface area (TPSA) is 75.9 Å². The highest BCUT2D eigenvalue weighted by molar-refractivity contribution is 7.10. The highest BCUT2D eigenvalue weighted by Crippen LogP contribution is 2.35. The third-order valence-corrected chi connectivity index (χ3v) is 4.47. The third-order valence-electron chi connectivity index (χ3n) is 3.48. The number of aryl methyl sites for hydroxylation is 1. The molecule has 5 nitrogen and oxygen atoms in total. The minimum Gasteiger partial charge on any atom is -0.370 e. The quantitative estimate of drug-likeness (QED) is 0.806. The average molecular weight is 289 g/mol. The van der Waals surface area contributed by atoms with Gasteiger partial charge in [0.05, 0.1) is 6.04 Å². The van der Waals surface area contributed by atoms with Crippen molar-refractivity contribution in [2.45, 2.75) is 32.2 Å². The number of anilines is 3. The molecular weight excluding hydrogens is 270 g/mol. The first-order chi connectivity index (χ1) is 9.76. The number of nitrogens with zero attached hydrogens (tertiary/aromatic N) is 2. The molecule has 2 heterocycles. The molecule has 1 atom stereocenters. The van der Waals surface area contributed by atoms with E-state index in [1.54, 1.807) is 0 Å². The standard InChI is InChI=1S/C14H19N5S/c1-2-16-12-8-13(19-14(15)18-12)17-10-4-3-5-11-9(10)6-7-20-11/h6-8,10H,2-5H2,1H3,(H4,15,16,17,18,19). The molecule has 0 bridgehead atoms. The fraction of sp³-hybridized carbons (Fsp3) is 0.429. The molecule has 0 aliphatic heterocycles. The SMILES string of the molecule is CCNc1cc(NC2CCCc3sccc32)nc(N)n1. The lowest BCUT2D eigenvalue weighted by Crippen LogP contribution is -2.17. The number of aromatic nitrogens is 2. The summed E-state index contributed by atoms with van der Waals surface area (Å²) in [6.45, 7) is 2.85. The summed E-state index contributed by atoms with van der Waals surface area (Å²) in [4.78, 5) is 9.94. The second-order valence-corrected chi connectivity index (χ2v) is 5.92. The number of nitrogens with one attached hydrogen (secondary N) is 2. The Balaban J connectivity index is 1.82. The van der Waals surface area contributed by atoms with Crippen LogP contribution in [-0.2, 0) is 6.42 Å². The van der Waals surface area contributed by atoms with Crippen LogP contribution in [0, 0.1) is 0 Å². The smallest absolute Gasteiger partial charge is 0.223 e.